The highest BCUT2D eigenvalue weighted by molar-refractivity contribution is 6.18. The molecule has 1 aromatic carbocycles. The summed E-state index contributed by atoms with van der Waals surface area (Å²) in [4.78, 5) is 12.2. The average molecular weight is 278 g/mol. The zero-order chi connectivity index (χ0) is 13.8. The summed E-state index contributed by atoms with van der Waals surface area (Å²) in [7, 11) is 1.81. The first-order chi connectivity index (χ1) is 9.13. The first kappa shape index (κ1) is 13.6. The fourth-order valence-electron chi connectivity index (χ4n) is 1.85. The summed E-state index contributed by atoms with van der Waals surface area (Å²) in [6.07, 6.45) is 1.57. The standard InChI is InChI=1S/C14H16ClN3O/c1-10-12(9-16-18(10)2)14(19)17-13(8-15)11-6-4-3-5-7-11/h3-7,9,13H,8H2,1-2H3,(H,17,19). The predicted octanol–water partition coefficient (Wildman–Crippen LogP) is 2.44. The van der Waals surface area contributed by atoms with Crippen LogP contribution in [0.4, 0.5) is 0 Å². The van der Waals surface area contributed by atoms with Crippen LogP contribution in [0.25, 0.3) is 0 Å². The molecule has 0 radical (unpaired) electrons. The lowest BCUT2D eigenvalue weighted by Gasteiger charge is -2.16. The zero-order valence-electron chi connectivity index (χ0n) is 10.9. The second-order valence-electron chi connectivity index (χ2n) is 4.36. The molecule has 0 spiro atoms. The van der Waals surface area contributed by atoms with Crippen LogP contribution in [-0.2, 0) is 7.05 Å². The monoisotopic (exact) mass is 277 g/mol. The van der Waals surface area contributed by atoms with Crippen LogP contribution in [-0.4, -0.2) is 21.6 Å². The number of nitrogens with one attached hydrogen (secondary N) is 1. The second-order valence-corrected chi connectivity index (χ2v) is 4.67. The van der Waals surface area contributed by atoms with E-state index in [1.165, 1.54) is 0 Å². The number of benzene rings is 1. The van der Waals surface area contributed by atoms with Crippen LogP contribution in [0.2, 0.25) is 0 Å². The largest absolute Gasteiger partial charge is 0.344 e. The molecule has 4 nitrogen and oxygen atoms in total. The van der Waals surface area contributed by atoms with Crippen molar-refractivity contribution in [1.82, 2.24) is 15.1 Å². The molecule has 0 aliphatic carbocycles. The molecule has 5 heteroatoms. The Balaban J connectivity index is 2.15. The quantitative estimate of drug-likeness (QED) is 0.873. The summed E-state index contributed by atoms with van der Waals surface area (Å²) in [5, 5.41) is 7.00. The molecule has 0 fully saturated rings. The molecule has 0 aliphatic heterocycles. The lowest BCUT2D eigenvalue weighted by molar-refractivity contribution is 0.0939. The SMILES string of the molecule is Cc1c(C(=O)NC(CCl)c2ccccc2)cnn1C. The van der Waals surface area contributed by atoms with Gasteiger partial charge in [-0.05, 0) is 12.5 Å². The van der Waals surface area contributed by atoms with Crippen LogP contribution < -0.4 is 5.32 Å². The van der Waals surface area contributed by atoms with E-state index < -0.39 is 0 Å². The molecule has 100 valence electrons. The maximum atomic E-state index is 12.2. The Hall–Kier alpha value is -1.81. The first-order valence-corrected chi connectivity index (χ1v) is 6.57. The van der Waals surface area contributed by atoms with Crippen LogP contribution in [0, 0.1) is 6.92 Å². The van der Waals surface area contributed by atoms with Gasteiger partial charge in [0.15, 0.2) is 0 Å². The van der Waals surface area contributed by atoms with Crippen LogP contribution in [0.1, 0.15) is 27.7 Å². The lowest BCUT2D eigenvalue weighted by atomic mass is 10.1. The smallest absolute Gasteiger partial charge is 0.255 e. The van der Waals surface area contributed by atoms with Gasteiger partial charge in [0.1, 0.15) is 0 Å². The molecule has 1 amide bonds. The van der Waals surface area contributed by atoms with Gasteiger partial charge in [0.05, 0.1) is 17.8 Å². The molecule has 2 rings (SSSR count). The van der Waals surface area contributed by atoms with Crippen LogP contribution >= 0.6 is 11.6 Å². The summed E-state index contributed by atoms with van der Waals surface area (Å²) >= 11 is 5.94. The molecule has 0 aliphatic rings. The fraction of sp³-hybridized carbons (Fsp3) is 0.286. The van der Waals surface area contributed by atoms with E-state index in [-0.39, 0.29) is 11.9 Å². The van der Waals surface area contributed by atoms with Crippen molar-refractivity contribution in [2.24, 2.45) is 7.05 Å². The van der Waals surface area contributed by atoms with Gasteiger partial charge in [-0.3, -0.25) is 9.48 Å². The number of alkyl halides is 1. The minimum atomic E-state index is -0.199. The highest BCUT2D eigenvalue weighted by Crippen LogP contribution is 2.15. The summed E-state index contributed by atoms with van der Waals surface area (Å²) < 4.78 is 1.67. The summed E-state index contributed by atoms with van der Waals surface area (Å²) in [6.45, 7) is 1.86. The van der Waals surface area contributed by atoms with Gasteiger partial charge >= 0.3 is 0 Å². The third-order valence-corrected chi connectivity index (χ3v) is 3.45. The van der Waals surface area contributed by atoms with Crippen molar-refractivity contribution in [2.75, 3.05) is 5.88 Å². The average Bonchev–Trinajstić information content (AvgIpc) is 2.77. The van der Waals surface area contributed by atoms with Gasteiger partial charge in [-0.15, -0.1) is 11.6 Å². The Bertz CT molecular complexity index is 565. The van der Waals surface area contributed by atoms with E-state index in [4.69, 9.17) is 11.6 Å². The zero-order valence-corrected chi connectivity index (χ0v) is 11.7. The van der Waals surface area contributed by atoms with Gasteiger partial charge < -0.3 is 5.32 Å². The van der Waals surface area contributed by atoms with E-state index >= 15 is 0 Å². The molecule has 0 bridgehead atoms. The molecular formula is C14H16ClN3O. The number of nitrogens with zero attached hydrogens (tertiary/aromatic N) is 2. The number of aryl methyl sites for hydroxylation is 1. The molecule has 1 aromatic heterocycles. The molecule has 0 saturated carbocycles. The van der Waals surface area contributed by atoms with E-state index in [9.17, 15) is 4.79 Å². The van der Waals surface area contributed by atoms with Crippen LogP contribution in [0.15, 0.2) is 36.5 Å². The number of hydrogen-bond acceptors (Lipinski definition) is 2. The number of hydrogen-bond donors (Lipinski definition) is 1. The minimum absolute atomic E-state index is 0.153. The Morgan fingerprint density at radius 3 is 2.63 bits per heavy atom. The Morgan fingerprint density at radius 2 is 2.11 bits per heavy atom. The van der Waals surface area contributed by atoms with Crippen LogP contribution in [0.5, 0.6) is 0 Å². The molecule has 19 heavy (non-hydrogen) atoms. The number of amides is 1. The fourth-order valence-corrected chi connectivity index (χ4v) is 2.11. The normalized spacial score (nSPS) is 12.2. The summed E-state index contributed by atoms with van der Waals surface area (Å²) in [5.41, 5.74) is 2.40. The predicted molar refractivity (Wildman–Crippen MR) is 75.3 cm³/mol. The Labute approximate surface area is 117 Å². The van der Waals surface area contributed by atoms with Gasteiger partial charge in [0.25, 0.3) is 5.91 Å². The molecule has 1 atom stereocenters. The highest BCUT2D eigenvalue weighted by atomic mass is 35.5. The lowest BCUT2D eigenvalue weighted by Crippen LogP contribution is -2.29. The molecule has 2 aromatic rings. The molecule has 0 saturated heterocycles. The topological polar surface area (TPSA) is 46.9 Å². The van der Waals surface area contributed by atoms with Crippen molar-refractivity contribution in [3.8, 4) is 0 Å². The van der Waals surface area contributed by atoms with Crippen molar-refractivity contribution in [2.45, 2.75) is 13.0 Å². The van der Waals surface area contributed by atoms with Crippen molar-refractivity contribution >= 4 is 17.5 Å². The maximum absolute atomic E-state index is 12.2. The second kappa shape index (κ2) is 5.89. The van der Waals surface area contributed by atoms with Crippen LogP contribution in [0.3, 0.4) is 0 Å². The molecule has 1 N–H and O–H groups in total. The van der Waals surface area contributed by atoms with Crippen molar-refractivity contribution in [1.29, 1.82) is 0 Å². The summed E-state index contributed by atoms with van der Waals surface area (Å²) in [5.74, 6) is 0.176. The highest BCUT2D eigenvalue weighted by Gasteiger charge is 2.17. The van der Waals surface area contributed by atoms with E-state index in [0.717, 1.165) is 11.3 Å². The number of halogens is 1. The van der Waals surface area contributed by atoms with E-state index in [1.807, 2.05) is 44.3 Å². The molecular weight excluding hydrogens is 262 g/mol. The van der Waals surface area contributed by atoms with Crippen molar-refractivity contribution < 1.29 is 4.79 Å². The first-order valence-electron chi connectivity index (χ1n) is 6.04. The number of aromatic nitrogens is 2. The van der Waals surface area contributed by atoms with Gasteiger partial charge in [-0.1, -0.05) is 30.3 Å². The van der Waals surface area contributed by atoms with Gasteiger partial charge in [-0.2, -0.15) is 5.10 Å². The maximum Gasteiger partial charge on any atom is 0.255 e. The Kier molecular flexibility index (Phi) is 4.22. The number of carbonyl (C=O) groups excluding carboxylic acids is 1. The third-order valence-electron chi connectivity index (χ3n) is 3.14. The summed E-state index contributed by atoms with van der Waals surface area (Å²) in [6, 6.07) is 9.48. The van der Waals surface area contributed by atoms with E-state index in [1.54, 1.807) is 10.9 Å². The molecule has 1 heterocycles. The van der Waals surface area contributed by atoms with Crippen molar-refractivity contribution in [3.63, 3.8) is 0 Å². The van der Waals surface area contributed by atoms with E-state index in [0.29, 0.717) is 11.4 Å². The van der Waals surface area contributed by atoms with Gasteiger partial charge in [0, 0.05) is 18.6 Å². The van der Waals surface area contributed by atoms with E-state index in [2.05, 4.69) is 10.4 Å². The molecule has 1 unspecified atom stereocenters. The number of carbonyl (C=O) groups is 1. The third kappa shape index (κ3) is 2.96. The van der Waals surface area contributed by atoms with Gasteiger partial charge in [0.2, 0.25) is 0 Å². The van der Waals surface area contributed by atoms with Gasteiger partial charge in [-0.25, -0.2) is 0 Å². The minimum Gasteiger partial charge on any atom is -0.344 e. The van der Waals surface area contributed by atoms with Crippen molar-refractivity contribution in [3.05, 3.63) is 53.3 Å². The Morgan fingerprint density at radius 1 is 1.42 bits per heavy atom. The number of rotatable bonds is 4.